The zero-order chi connectivity index (χ0) is 7.86. The molecule has 0 saturated carbocycles. The molecule has 1 atom stereocenters. The standard InChI is InChI=1S/C4H9N.CH4N2O/c1-3-4(2)5;2-1(3)4/h3-4H,1,5H2,2H3;(H4,2,3,4). The van der Waals surface area contributed by atoms with Crippen LogP contribution in [0.4, 0.5) is 4.79 Å². The van der Waals surface area contributed by atoms with Crippen molar-refractivity contribution in [1.82, 2.24) is 0 Å². The van der Waals surface area contributed by atoms with Crippen molar-refractivity contribution in [2.45, 2.75) is 13.0 Å². The van der Waals surface area contributed by atoms with Crippen molar-refractivity contribution >= 4 is 6.03 Å². The molecule has 0 saturated heterocycles. The first kappa shape index (κ1) is 10.9. The van der Waals surface area contributed by atoms with E-state index in [1.807, 2.05) is 6.92 Å². The molecule has 0 aliphatic heterocycles. The zero-order valence-electron chi connectivity index (χ0n) is 5.50. The van der Waals surface area contributed by atoms with Crippen LogP contribution in [0.25, 0.3) is 0 Å². The monoisotopic (exact) mass is 131 g/mol. The van der Waals surface area contributed by atoms with Gasteiger partial charge in [0.25, 0.3) is 0 Å². The molecule has 0 aromatic carbocycles. The lowest BCUT2D eigenvalue weighted by Gasteiger charge is -1.85. The minimum Gasteiger partial charge on any atom is -0.352 e. The maximum atomic E-state index is 9.00. The summed E-state index contributed by atoms with van der Waals surface area (Å²) in [7, 11) is 0. The minimum atomic E-state index is -0.833. The van der Waals surface area contributed by atoms with E-state index in [0.717, 1.165) is 0 Å². The van der Waals surface area contributed by atoms with E-state index in [1.54, 1.807) is 6.08 Å². The second-order valence-corrected chi connectivity index (χ2v) is 1.50. The van der Waals surface area contributed by atoms with Crippen molar-refractivity contribution in [2.24, 2.45) is 17.2 Å². The lowest BCUT2D eigenvalue weighted by atomic mass is 10.4. The minimum absolute atomic E-state index is 0.148. The normalized spacial score (nSPS) is 10.4. The Kier molecular flexibility index (Phi) is 8.41. The third-order valence-electron chi connectivity index (χ3n) is 0.372. The molecule has 0 rings (SSSR count). The van der Waals surface area contributed by atoms with Crippen LogP contribution in [0, 0.1) is 0 Å². The second kappa shape index (κ2) is 6.97. The van der Waals surface area contributed by atoms with E-state index >= 15 is 0 Å². The average molecular weight is 131 g/mol. The number of rotatable bonds is 1. The van der Waals surface area contributed by atoms with Crippen molar-refractivity contribution in [3.05, 3.63) is 12.7 Å². The van der Waals surface area contributed by atoms with Gasteiger partial charge in [0.1, 0.15) is 0 Å². The van der Waals surface area contributed by atoms with Gasteiger partial charge in [0.2, 0.25) is 0 Å². The molecule has 0 bridgehead atoms. The Labute approximate surface area is 54.7 Å². The Morgan fingerprint density at radius 3 is 1.78 bits per heavy atom. The molecule has 1 unspecified atom stereocenters. The second-order valence-electron chi connectivity index (χ2n) is 1.50. The van der Waals surface area contributed by atoms with Crippen LogP contribution in [0.15, 0.2) is 12.7 Å². The highest BCUT2D eigenvalue weighted by atomic mass is 16.2. The highest BCUT2D eigenvalue weighted by molar-refractivity contribution is 5.69. The van der Waals surface area contributed by atoms with Crippen LogP contribution in [-0.4, -0.2) is 12.1 Å². The molecule has 0 fully saturated rings. The topological polar surface area (TPSA) is 95.1 Å². The molecule has 0 aromatic rings. The fraction of sp³-hybridized carbons (Fsp3) is 0.400. The third-order valence-corrected chi connectivity index (χ3v) is 0.372. The van der Waals surface area contributed by atoms with E-state index < -0.39 is 6.03 Å². The van der Waals surface area contributed by atoms with Crippen LogP contribution in [0.3, 0.4) is 0 Å². The maximum absolute atomic E-state index is 9.00. The number of carbonyl (C=O) groups is 1. The number of hydrogen-bond acceptors (Lipinski definition) is 2. The van der Waals surface area contributed by atoms with Gasteiger partial charge in [0, 0.05) is 6.04 Å². The Balaban J connectivity index is 0. The van der Waals surface area contributed by atoms with E-state index in [4.69, 9.17) is 10.5 Å². The third kappa shape index (κ3) is 183. The summed E-state index contributed by atoms with van der Waals surface area (Å²) in [4.78, 5) is 9.00. The number of nitrogens with two attached hydrogens (primary N) is 3. The van der Waals surface area contributed by atoms with Gasteiger partial charge >= 0.3 is 6.03 Å². The summed E-state index contributed by atoms with van der Waals surface area (Å²) in [6.07, 6.45) is 1.69. The molecule has 54 valence electrons. The van der Waals surface area contributed by atoms with Gasteiger partial charge in [-0.15, -0.1) is 6.58 Å². The van der Waals surface area contributed by atoms with Crippen molar-refractivity contribution in [3.63, 3.8) is 0 Å². The van der Waals surface area contributed by atoms with Crippen LogP contribution >= 0.6 is 0 Å². The number of carbonyl (C=O) groups excluding carboxylic acids is 1. The van der Waals surface area contributed by atoms with Gasteiger partial charge in [-0.05, 0) is 6.92 Å². The van der Waals surface area contributed by atoms with E-state index in [-0.39, 0.29) is 6.04 Å². The summed E-state index contributed by atoms with van der Waals surface area (Å²) >= 11 is 0. The molecule has 9 heavy (non-hydrogen) atoms. The first-order valence-electron chi connectivity index (χ1n) is 2.43. The maximum Gasteiger partial charge on any atom is 0.309 e. The van der Waals surface area contributed by atoms with E-state index in [2.05, 4.69) is 18.0 Å². The predicted molar refractivity (Wildman–Crippen MR) is 37.6 cm³/mol. The SMILES string of the molecule is C=CC(C)N.NC(N)=O. The highest BCUT2D eigenvalue weighted by Gasteiger charge is 1.73. The van der Waals surface area contributed by atoms with Crippen LogP contribution in [0.5, 0.6) is 0 Å². The summed E-state index contributed by atoms with van der Waals surface area (Å²) in [5, 5.41) is 0. The fourth-order valence-electron chi connectivity index (χ4n) is 0. The average Bonchev–Trinajstić information content (AvgIpc) is 1.65. The molecule has 0 aliphatic carbocycles. The quantitative estimate of drug-likeness (QED) is 0.420. The summed E-state index contributed by atoms with van der Waals surface area (Å²) in [6.45, 7) is 5.32. The number of urea groups is 1. The molecule has 0 radical (unpaired) electrons. The summed E-state index contributed by atoms with van der Waals surface area (Å²) < 4.78 is 0. The summed E-state index contributed by atoms with van der Waals surface area (Å²) in [6, 6.07) is -0.685. The van der Waals surface area contributed by atoms with Gasteiger partial charge < -0.3 is 17.2 Å². The predicted octanol–water partition coefficient (Wildman–Crippen LogP) is -0.457. The van der Waals surface area contributed by atoms with Gasteiger partial charge in [0.15, 0.2) is 0 Å². The Morgan fingerprint density at radius 1 is 1.67 bits per heavy atom. The molecule has 6 N–H and O–H groups in total. The van der Waals surface area contributed by atoms with Crippen LogP contribution in [-0.2, 0) is 0 Å². The lowest BCUT2D eigenvalue weighted by Crippen LogP contribution is -2.18. The number of primary amides is 2. The molecular weight excluding hydrogens is 118 g/mol. The summed E-state index contributed by atoms with van der Waals surface area (Å²) in [5.41, 5.74) is 13.7. The Hall–Kier alpha value is -1.03. The molecule has 0 heterocycles. The fourth-order valence-corrected chi connectivity index (χ4v) is 0. The number of amides is 2. The Bertz CT molecular complexity index is 86.2. The van der Waals surface area contributed by atoms with Crippen molar-refractivity contribution in [1.29, 1.82) is 0 Å². The van der Waals surface area contributed by atoms with E-state index in [1.165, 1.54) is 0 Å². The van der Waals surface area contributed by atoms with Crippen molar-refractivity contribution in [3.8, 4) is 0 Å². The Morgan fingerprint density at radius 2 is 1.78 bits per heavy atom. The van der Waals surface area contributed by atoms with Crippen LogP contribution < -0.4 is 17.2 Å². The van der Waals surface area contributed by atoms with Crippen molar-refractivity contribution < 1.29 is 4.79 Å². The molecular formula is C5H13N3O. The van der Waals surface area contributed by atoms with Gasteiger partial charge in [-0.1, -0.05) is 6.08 Å². The van der Waals surface area contributed by atoms with Crippen molar-refractivity contribution in [2.75, 3.05) is 0 Å². The molecule has 0 aromatic heterocycles. The molecule has 0 aliphatic rings. The van der Waals surface area contributed by atoms with Gasteiger partial charge in [-0.3, -0.25) is 0 Å². The van der Waals surface area contributed by atoms with E-state index in [0.29, 0.717) is 0 Å². The number of hydrogen-bond donors (Lipinski definition) is 3. The zero-order valence-corrected chi connectivity index (χ0v) is 5.50. The summed E-state index contributed by atoms with van der Waals surface area (Å²) in [5.74, 6) is 0. The molecule has 2 amide bonds. The largest absolute Gasteiger partial charge is 0.352 e. The van der Waals surface area contributed by atoms with Gasteiger partial charge in [0.05, 0.1) is 0 Å². The van der Waals surface area contributed by atoms with E-state index in [9.17, 15) is 0 Å². The molecule has 4 heteroatoms. The van der Waals surface area contributed by atoms with Gasteiger partial charge in [-0.25, -0.2) is 4.79 Å². The molecule has 0 spiro atoms. The lowest BCUT2D eigenvalue weighted by molar-refractivity contribution is 0.256. The first-order chi connectivity index (χ1) is 4.00. The first-order valence-corrected chi connectivity index (χ1v) is 2.43. The van der Waals surface area contributed by atoms with Crippen LogP contribution in [0.2, 0.25) is 0 Å². The smallest absolute Gasteiger partial charge is 0.309 e. The van der Waals surface area contributed by atoms with Gasteiger partial charge in [-0.2, -0.15) is 0 Å². The molecule has 4 nitrogen and oxygen atoms in total. The van der Waals surface area contributed by atoms with Crippen LogP contribution in [0.1, 0.15) is 6.92 Å². The highest BCUT2D eigenvalue weighted by Crippen LogP contribution is 1.67.